The molecule has 1 aromatic carbocycles. The van der Waals surface area contributed by atoms with Gasteiger partial charge in [-0.25, -0.2) is 15.0 Å². The first-order valence-electron chi connectivity index (χ1n) is 12.5. The van der Waals surface area contributed by atoms with Crippen LogP contribution in [-0.2, 0) is 6.42 Å². The fourth-order valence-electron chi connectivity index (χ4n) is 4.78. The van der Waals surface area contributed by atoms with Crippen molar-refractivity contribution in [2.45, 2.75) is 64.0 Å². The fraction of sp³-hybridized carbons (Fsp3) is 0.444. The summed E-state index contributed by atoms with van der Waals surface area (Å²) in [4.78, 5) is 12.8. The first-order valence-corrected chi connectivity index (χ1v) is 12.9. The lowest BCUT2D eigenvalue weighted by Gasteiger charge is -2.14. The lowest BCUT2D eigenvalue weighted by molar-refractivity contribution is -0.127. The zero-order valence-electron chi connectivity index (χ0n) is 21.2. The third kappa shape index (κ3) is 7.78. The van der Waals surface area contributed by atoms with Crippen LogP contribution in [0.1, 0.15) is 51.1 Å². The number of pyridine rings is 1. The molecule has 2 unspecified atom stereocenters. The Balaban J connectivity index is 0.000000617. The number of nitrogens with zero attached hydrogens (tertiary/aromatic N) is 4. The number of fused-ring (bicyclic) bond motifs is 2. The number of rotatable bonds is 6. The number of nitrogens with one attached hydrogen (secondary N) is 1. The molecule has 0 amide bonds. The van der Waals surface area contributed by atoms with Crippen molar-refractivity contribution in [3.8, 4) is 0 Å². The number of hydrogen-bond donors (Lipinski definition) is 3. The molecule has 4 aromatic rings. The van der Waals surface area contributed by atoms with E-state index in [0.717, 1.165) is 54.1 Å². The summed E-state index contributed by atoms with van der Waals surface area (Å²) in [5.41, 5.74) is 2.74. The third-order valence-electron chi connectivity index (χ3n) is 6.44. The Morgan fingerprint density at radius 1 is 1.08 bits per heavy atom. The summed E-state index contributed by atoms with van der Waals surface area (Å²) in [7, 11) is 0. The van der Waals surface area contributed by atoms with E-state index in [1.807, 2.05) is 18.2 Å². The zero-order valence-corrected chi connectivity index (χ0v) is 22.0. The molecule has 0 saturated heterocycles. The molecule has 0 spiro atoms. The average Bonchev–Trinajstić information content (AvgIpc) is 3.47. The molecule has 0 bridgehead atoms. The summed E-state index contributed by atoms with van der Waals surface area (Å²) >= 11 is 6.19. The Bertz CT molecular complexity index is 1380. The monoisotopic (exact) mass is 549 g/mol. The van der Waals surface area contributed by atoms with Gasteiger partial charge in [-0.05, 0) is 81.7 Å². The molecular formula is C27H31ClF3N5O2. The van der Waals surface area contributed by atoms with Crippen molar-refractivity contribution < 1.29 is 23.4 Å². The summed E-state index contributed by atoms with van der Waals surface area (Å²) in [6.07, 6.45) is 4.60. The lowest BCUT2D eigenvalue weighted by atomic mass is 9.97. The number of aliphatic hydroxyl groups is 2. The Hall–Kier alpha value is -2.95. The molecule has 1 aliphatic carbocycles. The van der Waals surface area contributed by atoms with Crippen molar-refractivity contribution in [3.05, 3.63) is 59.6 Å². The van der Waals surface area contributed by atoms with Crippen LogP contribution in [0.2, 0.25) is 5.15 Å². The van der Waals surface area contributed by atoms with Crippen LogP contribution in [0.3, 0.4) is 0 Å². The minimum absolute atomic E-state index is 0.235. The summed E-state index contributed by atoms with van der Waals surface area (Å²) in [5, 5.41) is 20.8. The van der Waals surface area contributed by atoms with Crippen LogP contribution in [0.25, 0.3) is 21.9 Å². The Kier molecular flexibility index (Phi) is 8.44. The maximum absolute atomic E-state index is 12.5. The summed E-state index contributed by atoms with van der Waals surface area (Å²) in [6, 6.07) is 11.8. The Labute approximate surface area is 223 Å². The molecule has 3 aromatic heterocycles. The quantitative estimate of drug-likeness (QED) is 0.193. The smallest absolute Gasteiger partial charge is 0.366 e. The van der Waals surface area contributed by atoms with Gasteiger partial charge in [0.25, 0.3) is 0 Å². The highest BCUT2D eigenvalue weighted by molar-refractivity contribution is 6.33. The average molecular weight is 550 g/mol. The SMILES string of the molecule is CC(C)(O)O.FC(F)(F)CNc1ccc2ccc(CCC3CCC(n4ccc5c(Cl)ncnc54)C3)cc2n1. The molecule has 2 atom stereocenters. The summed E-state index contributed by atoms with van der Waals surface area (Å²) in [5.74, 6) is -0.660. The summed E-state index contributed by atoms with van der Waals surface area (Å²) < 4.78 is 39.6. The van der Waals surface area contributed by atoms with Gasteiger partial charge in [-0.3, -0.25) is 0 Å². The zero-order chi connectivity index (χ0) is 27.5. The first-order chi connectivity index (χ1) is 17.9. The van der Waals surface area contributed by atoms with Crippen LogP contribution >= 0.6 is 11.6 Å². The number of hydrogen-bond acceptors (Lipinski definition) is 6. The van der Waals surface area contributed by atoms with Crippen molar-refractivity contribution in [3.63, 3.8) is 0 Å². The van der Waals surface area contributed by atoms with Crippen LogP contribution in [0.4, 0.5) is 19.0 Å². The molecule has 1 fully saturated rings. The minimum Gasteiger partial charge on any atom is -0.366 e. The van der Waals surface area contributed by atoms with E-state index in [2.05, 4.69) is 37.1 Å². The predicted octanol–water partition coefficient (Wildman–Crippen LogP) is 6.29. The molecule has 1 saturated carbocycles. The van der Waals surface area contributed by atoms with Crippen molar-refractivity contribution >= 4 is 39.4 Å². The van der Waals surface area contributed by atoms with E-state index in [1.54, 1.807) is 12.1 Å². The van der Waals surface area contributed by atoms with Gasteiger partial charge in [0.05, 0.1) is 10.9 Å². The number of aromatic nitrogens is 4. The fourth-order valence-corrected chi connectivity index (χ4v) is 4.97. The van der Waals surface area contributed by atoms with Crippen molar-refractivity contribution in [1.82, 2.24) is 19.5 Å². The number of aryl methyl sites for hydroxylation is 1. The van der Waals surface area contributed by atoms with E-state index in [1.165, 1.54) is 20.2 Å². The van der Waals surface area contributed by atoms with Gasteiger partial charge in [-0.1, -0.05) is 23.7 Å². The number of halogens is 4. The third-order valence-corrected chi connectivity index (χ3v) is 6.74. The highest BCUT2D eigenvalue weighted by atomic mass is 35.5. The van der Waals surface area contributed by atoms with E-state index in [-0.39, 0.29) is 5.82 Å². The second kappa shape index (κ2) is 11.4. The molecule has 0 radical (unpaired) electrons. The van der Waals surface area contributed by atoms with Crippen molar-refractivity contribution in [1.29, 1.82) is 0 Å². The van der Waals surface area contributed by atoms with E-state index in [4.69, 9.17) is 21.8 Å². The van der Waals surface area contributed by atoms with E-state index >= 15 is 0 Å². The van der Waals surface area contributed by atoms with Gasteiger partial charge in [0.15, 0.2) is 5.79 Å². The van der Waals surface area contributed by atoms with Gasteiger partial charge < -0.3 is 20.1 Å². The van der Waals surface area contributed by atoms with Gasteiger partial charge in [0.2, 0.25) is 0 Å². The van der Waals surface area contributed by atoms with E-state index in [9.17, 15) is 13.2 Å². The van der Waals surface area contributed by atoms with Crippen molar-refractivity contribution in [2.75, 3.05) is 11.9 Å². The number of alkyl halides is 3. The molecule has 204 valence electrons. The molecule has 11 heteroatoms. The highest BCUT2D eigenvalue weighted by Crippen LogP contribution is 2.39. The molecule has 1 aliphatic rings. The second-order valence-electron chi connectivity index (χ2n) is 10.2. The Morgan fingerprint density at radius 2 is 1.82 bits per heavy atom. The normalized spacial score (nSPS) is 18.0. The van der Waals surface area contributed by atoms with Crippen LogP contribution in [-0.4, -0.2) is 48.2 Å². The van der Waals surface area contributed by atoms with Crippen molar-refractivity contribution in [2.24, 2.45) is 5.92 Å². The predicted molar refractivity (Wildman–Crippen MR) is 142 cm³/mol. The maximum atomic E-state index is 12.5. The maximum Gasteiger partial charge on any atom is 0.405 e. The number of benzene rings is 1. The van der Waals surface area contributed by atoms with Gasteiger partial charge in [-0.15, -0.1) is 0 Å². The molecule has 7 nitrogen and oxygen atoms in total. The standard InChI is InChI=1S/C24H23ClF3N5.C3H8O2/c25-22-19-9-10-33(23(19)31-14-30-22)18-7-4-15(11-18)1-2-16-3-5-17-6-8-21(32-20(17)12-16)29-13-24(26,27)28;1-3(2,4)5/h3,5-6,8-10,12,14-15,18H,1-2,4,7,11,13H2,(H,29,32);4-5H,1-2H3. The van der Waals surface area contributed by atoms with Gasteiger partial charge >= 0.3 is 6.18 Å². The van der Waals surface area contributed by atoms with E-state index in [0.29, 0.717) is 22.6 Å². The van der Waals surface area contributed by atoms with Gasteiger partial charge in [0.1, 0.15) is 29.5 Å². The molecule has 0 aliphatic heterocycles. The van der Waals surface area contributed by atoms with Gasteiger partial charge in [0, 0.05) is 17.6 Å². The molecule has 3 N–H and O–H groups in total. The van der Waals surface area contributed by atoms with Crippen LogP contribution in [0, 0.1) is 5.92 Å². The minimum atomic E-state index is -4.27. The number of anilines is 1. The topological polar surface area (TPSA) is 96.1 Å². The van der Waals surface area contributed by atoms with E-state index < -0.39 is 18.5 Å². The van der Waals surface area contributed by atoms with Gasteiger partial charge in [-0.2, -0.15) is 13.2 Å². The van der Waals surface area contributed by atoms with Crippen LogP contribution in [0.15, 0.2) is 48.9 Å². The molecule has 3 heterocycles. The second-order valence-corrected chi connectivity index (χ2v) is 10.5. The van der Waals surface area contributed by atoms with Crippen LogP contribution < -0.4 is 5.32 Å². The Morgan fingerprint density at radius 3 is 2.55 bits per heavy atom. The highest BCUT2D eigenvalue weighted by Gasteiger charge is 2.28. The molecular weight excluding hydrogens is 519 g/mol. The molecule has 5 rings (SSSR count). The van der Waals surface area contributed by atoms with Crippen LogP contribution in [0.5, 0.6) is 0 Å². The first kappa shape index (κ1) is 28.1. The summed E-state index contributed by atoms with van der Waals surface area (Å²) in [6.45, 7) is 1.50. The largest absolute Gasteiger partial charge is 0.405 e. The lowest BCUT2D eigenvalue weighted by Crippen LogP contribution is -2.21. The molecule has 38 heavy (non-hydrogen) atoms.